The standard InChI is InChI=1S/C12H23N5O3S/c1-11(2)17(21(3,19)20)7-4-6-14-12(18)5-8-16-10-13-9-15-16/h9-11H,4-8H2,1-3H3,(H,14,18). The Morgan fingerprint density at radius 3 is 2.67 bits per heavy atom. The van der Waals surface area contributed by atoms with Gasteiger partial charge in [-0.25, -0.2) is 13.4 Å². The second kappa shape index (κ2) is 8.08. The number of aromatic nitrogens is 3. The monoisotopic (exact) mass is 317 g/mol. The summed E-state index contributed by atoms with van der Waals surface area (Å²) in [5.74, 6) is -0.0825. The van der Waals surface area contributed by atoms with Crippen LogP contribution in [0.25, 0.3) is 0 Å². The van der Waals surface area contributed by atoms with E-state index in [0.29, 0.717) is 32.5 Å². The smallest absolute Gasteiger partial charge is 0.221 e. The van der Waals surface area contributed by atoms with Gasteiger partial charge in [0.05, 0.1) is 12.8 Å². The van der Waals surface area contributed by atoms with Gasteiger partial charge in [0, 0.05) is 25.6 Å². The number of nitrogens with one attached hydrogen (secondary N) is 1. The summed E-state index contributed by atoms with van der Waals surface area (Å²) >= 11 is 0. The van der Waals surface area contributed by atoms with Gasteiger partial charge in [0.2, 0.25) is 15.9 Å². The minimum Gasteiger partial charge on any atom is -0.356 e. The van der Waals surface area contributed by atoms with Crippen LogP contribution in [0.3, 0.4) is 0 Å². The van der Waals surface area contributed by atoms with E-state index >= 15 is 0 Å². The van der Waals surface area contributed by atoms with E-state index in [1.165, 1.54) is 16.9 Å². The van der Waals surface area contributed by atoms with Crippen molar-refractivity contribution in [3.8, 4) is 0 Å². The highest BCUT2D eigenvalue weighted by Gasteiger charge is 2.19. The van der Waals surface area contributed by atoms with Crippen molar-refractivity contribution >= 4 is 15.9 Å². The molecular formula is C12H23N5O3S. The largest absolute Gasteiger partial charge is 0.356 e. The first kappa shape index (κ1) is 17.6. The quantitative estimate of drug-likeness (QED) is 0.639. The van der Waals surface area contributed by atoms with Crippen LogP contribution in [0.4, 0.5) is 0 Å². The molecule has 1 amide bonds. The Balaban J connectivity index is 2.22. The molecule has 0 aliphatic rings. The Bertz CT molecular complexity index is 527. The predicted octanol–water partition coefficient (Wildman–Crippen LogP) is -0.155. The lowest BCUT2D eigenvalue weighted by Crippen LogP contribution is -2.38. The van der Waals surface area contributed by atoms with Crippen molar-refractivity contribution in [1.82, 2.24) is 24.4 Å². The van der Waals surface area contributed by atoms with E-state index in [9.17, 15) is 13.2 Å². The number of amides is 1. The molecule has 1 heterocycles. The van der Waals surface area contributed by atoms with E-state index in [2.05, 4.69) is 15.4 Å². The third kappa shape index (κ3) is 6.67. The summed E-state index contributed by atoms with van der Waals surface area (Å²) in [4.78, 5) is 15.4. The summed E-state index contributed by atoms with van der Waals surface area (Å²) in [5, 5.41) is 6.68. The van der Waals surface area contributed by atoms with E-state index in [-0.39, 0.29) is 11.9 Å². The van der Waals surface area contributed by atoms with Crippen molar-refractivity contribution < 1.29 is 13.2 Å². The maximum atomic E-state index is 11.6. The van der Waals surface area contributed by atoms with Gasteiger partial charge < -0.3 is 5.32 Å². The molecule has 0 aromatic carbocycles. The van der Waals surface area contributed by atoms with Crippen molar-refractivity contribution in [2.45, 2.75) is 39.3 Å². The molecule has 0 saturated heterocycles. The first-order chi connectivity index (χ1) is 9.80. The Hall–Kier alpha value is -1.48. The van der Waals surface area contributed by atoms with E-state index < -0.39 is 10.0 Å². The second-order valence-electron chi connectivity index (χ2n) is 5.08. The van der Waals surface area contributed by atoms with Crippen molar-refractivity contribution in [3.05, 3.63) is 12.7 Å². The van der Waals surface area contributed by atoms with Crippen molar-refractivity contribution in [2.75, 3.05) is 19.3 Å². The maximum Gasteiger partial charge on any atom is 0.221 e. The fourth-order valence-electron chi connectivity index (χ4n) is 1.92. The molecule has 0 unspecified atom stereocenters. The molecule has 0 saturated carbocycles. The Morgan fingerprint density at radius 2 is 2.14 bits per heavy atom. The number of carbonyl (C=O) groups is 1. The summed E-state index contributed by atoms with van der Waals surface area (Å²) in [7, 11) is -3.20. The van der Waals surface area contributed by atoms with Crippen molar-refractivity contribution in [2.24, 2.45) is 0 Å². The average molecular weight is 317 g/mol. The highest BCUT2D eigenvalue weighted by atomic mass is 32.2. The average Bonchev–Trinajstić information content (AvgIpc) is 2.87. The fraction of sp³-hybridized carbons (Fsp3) is 0.750. The van der Waals surface area contributed by atoms with Crippen LogP contribution in [-0.2, 0) is 21.4 Å². The lowest BCUT2D eigenvalue weighted by atomic mass is 10.3. The van der Waals surface area contributed by atoms with Gasteiger partial charge in [0.1, 0.15) is 12.7 Å². The van der Waals surface area contributed by atoms with Gasteiger partial charge in [-0.05, 0) is 20.3 Å². The first-order valence-corrected chi connectivity index (χ1v) is 8.71. The number of aryl methyl sites for hydroxylation is 1. The van der Waals surface area contributed by atoms with E-state index in [0.717, 1.165) is 0 Å². The van der Waals surface area contributed by atoms with E-state index in [1.54, 1.807) is 11.0 Å². The molecule has 1 aromatic heterocycles. The summed E-state index contributed by atoms with van der Waals surface area (Å²) < 4.78 is 26.1. The second-order valence-corrected chi connectivity index (χ2v) is 7.01. The zero-order valence-corrected chi connectivity index (χ0v) is 13.5. The molecule has 0 spiro atoms. The number of nitrogens with zero attached hydrogens (tertiary/aromatic N) is 4. The molecule has 120 valence electrons. The van der Waals surface area contributed by atoms with Gasteiger partial charge in [-0.15, -0.1) is 0 Å². The molecule has 0 aliphatic carbocycles. The van der Waals surface area contributed by atoms with Crippen LogP contribution in [0.5, 0.6) is 0 Å². The zero-order valence-electron chi connectivity index (χ0n) is 12.7. The Labute approximate surface area is 125 Å². The third-order valence-corrected chi connectivity index (χ3v) is 4.37. The zero-order chi connectivity index (χ0) is 15.9. The number of hydrogen-bond acceptors (Lipinski definition) is 5. The number of hydrogen-bond donors (Lipinski definition) is 1. The summed E-state index contributed by atoms with van der Waals surface area (Å²) in [6.45, 7) is 5.00. The molecule has 0 atom stereocenters. The van der Waals surface area contributed by atoms with Crippen molar-refractivity contribution in [1.29, 1.82) is 0 Å². The van der Waals surface area contributed by atoms with Gasteiger partial charge >= 0.3 is 0 Å². The maximum absolute atomic E-state index is 11.6. The number of sulfonamides is 1. The summed E-state index contributed by atoms with van der Waals surface area (Å²) in [6, 6.07) is -0.0805. The minimum atomic E-state index is -3.20. The Kier molecular flexibility index (Phi) is 6.76. The van der Waals surface area contributed by atoms with Crippen LogP contribution in [0.1, 0.15) is 26.7 Å². The van der Waals surface area contributed by atoms with Crippen molar-refractivity contribution in [3.63, 3.8) is 0 Å². The topological polar surface area (TPSA) is 97.2 Å². The van der Waals surface area contributed by atoms with Gasteiger partial charge in [0.25, 0.3) is 0 Å². The first-order valence-electron chi connectivity index (χ1n) is 6.86. The molecule has 0 aliphatic heterocycles. The normalized spacial score (nSPS) is 12.0. The van der Waals surface area contributed by atoms with Gasteiger partial charge in [-0.1, -0.05) is 0 Å². The van der Waals surface area contributed by atoms with Crippen LogP contribution in [-0.4, -0.2) is 58.8 Å². The van der Waals surface area contributed by atoms with Crippen LogP contribution >= 0.6 is 0 Å². The van der Waals surface area contributed by atoms with Gasteiger partial charge in [0.15, 0.2) is 0 Å². The molecule has 0 fully saturated rings. The molecule has 1 aromatic rings. The predicted molar refractivity (Wildman–Crippen MR) is 79.0 cm³/mol. The lowest BCUT2D eigenvalue weighted by Gasteiger charge is -2.23. The number of rotatable bonds is 9. The van der Waals surface area contributed by atoms with Gasteiger partial charge in [-0.2, -0.15) is 9.40 Å². The molecule has 0 bridgehead atoms. The third-order valence-electron chi connectivity index (χ3n) is 2.91. The van der Waals surface area contributed by atoms with Crippen LogP contribution in [0, 0.1) is 0 Å². The molecule has 9 heteroatoms. The molecular weight excluding hydrogens is 294 g/mol. The highest BCUT2D eigenvalue weighted by Crippen LogP contribution is 2.05. The Morgan fingerprint density at radius 1 is 1.43 bits per heavy atom. The van der Waals surface area contributed by atoms with Crippen LogP contribution < -0.4 is 5.32 Å². The highest BCUT2D eigenvalue weighted by molar-refractivity contribution is 7.88. The fourth-order valence-corrected chi connectivity index (χ4v) is 3.15. The summed E-state index contributed by atoms with van der Waals surface area (Å²) in [5.41, 5.74) is 0. The van der Waals surface area contributed by atoms with Crippen LogP contribution in [0.2, 0.25) is 0 Å². The van der Waals surface area contributed by atoms with E-state index in [1.807, 2.05) is 13.8 Å². The summed E-state index contributed by atoms with van der Waals surface area (Å²) in [6.07, 6.45) is 5.08. The minimum absolute atomic E-state index is 0.0805. The van der Waals surface area contributed by atoms with Crippen LogP contribution in [0.15, 0.2) is 12.7 Å². The van der Waals surface area contributed by atoms with Gasteiger partial charge in [-0.3, -0.25) is 9.48 Å². The molecule has 21 heavy (non-hydrogen) atoms. The molecule has 0 radical (unpaired) electrons. The SMILES string of the molecule is CC(C)N(CCCNC(=O)CCn1cncn1)S(C)(=O)=O. The number of carbonyl (C=O) groups excluding carboxylic acids is 1. The molecule has 8 nitrogen and oxygen atoms in total. The lowest BCUT2D eigenvalue weighted by molar-refractivity contribution is -0.121. The molecule has 1 N–H and O–H groups in total. The van der Waals surface area contributed by atoms with E-state index in [4.69, 9.17) is 0 Å². The molecule has 1 rings (SSSR count).